The Morgan fingerprint density at radius 2 is 0.619 bits per heavy atom. The fourth-order valence-corrected chi connectivity index (χ4v) is 8.01. The van der Waals surface area contributed by atoms with E-state index in [1.165, 1.54) is 161 Å². The number of unbranched alkanes of at least 4 members (excludes halogenated alkanes) is 33. The van der Waals surface area contributed by atoms with Gasteiger partial charge in [-0.3, -0.25) is 14.4 Å². The SMILES string of the molecule is CC/C=C\C/C=C\CCCCCCCCCC(=O)OC(COC(=O)CCCCC/C=C\CCCCCCCC)COC(=O)CCCCCCCCCCCCCCCCCCCC. The lowest BCUT2D eigenvalue weighted by atomic mass is 10.0. The average Bonchev–Trinajstić information content (AvgIpc) is 3.28. The van der Waals surface area contributed by atoms with Crippen LogP contribution in [0.25, 0.3) is 0 Å². The first-order valence-corrected chi connectivity index (χ1v) is 27.5. The molecule has 1 atom stereocenters. The Morgan fingerprint density at radius 1 is 0.333 bits per heavy atom. The molecule has 63 heavy (non-hydrogen) atoms. The van der Waals surface area contributed by atoms with E-state index in [-0.39, 0.29) is 31.1 Å². The summed E-state index contributed by atoms with van der Waals surface area (Å²) in [7, 11) is 0. The monoisotopic (exact) mass is 885 g/mol. The molecule has 0 aromatic heterocycles. The van der Waals surface area contributed by atoms with Crippen molar-refractivity contribution >= 4 is 17.9 Å². The molecular weight excluding hydrogens is 781 g/mol. The van der Waals surface area contributed by atoms with Crippen LogP contribution < -0.4 is 0 Å². The van der Waals surface area contributed by atoms with Crippen LogP contribution in [0, 0.1) is 0 Å². The lowest BCUT2D eigenvalue weighted by molar-refractivity contribution is -0.167. The summed E-state index contributed by atoms with van der Waals surface area (Å²) in [5, 5.41) is 0. The normalized spacial score (nSPS) is 12.2. The molecule has 0 aromatic carbocycles. The van der Waals surface area contributed by atoms with Crippen LogP contribution in [0.1, 0.15) is 290 Å². The van der Waals surface area contributed by atoms with Crippen LogP contribution >= 0.6 is 0 Å². The van der Waals surface area contributed by atoms with Gasteiger partial charge >= 0.3 is 17.9 Å². The molecule has 0 fully saturated rings. The van der Waals surface area contributed by atoms with E-state index in [9.17, 15) is 14.4 Å². The predicted molar refractivity (Wildman–Crippen MR) is 270 cm³/mol. The van der Waals surface area contributed by atoms with Crippen molar-refractivity contribution in [3.8, 4) is 0 Å². The molecule has 0 aromatic rings. The maximum atomic E-state index is 12.8. The number of rotatable bonds is 50. The fraction of sp³-hybridized carbons (Fsp3) is 0.842. The summed E-state index contributed by atoms with van der Waals surface area (Å²) in [4.78, 5) is 38.0. The molecule has 0 saturated carbocycles. The topological polar surface area (TPSA) is 78.9 Å². The van der Waals surface area contributed by atoms with E-state index >= 15 is 0 Å². The Bertz CT molecular complexity index is 1060. The first kappa shape index (κ1) is 60.6. The largest absolute Gasteiger partial charge is 0.462 e. The van der Waals surface area contributed by atoms with Gasteiger partial charge in [0, 0.05) is 19.3 Å². The molecule has 0 rings (SSSR count). The molecule has 0 N–H and O–H groups in total. The van der Waals surface area contributed by atoms with Crippen LogP contribution in [-0.4, -0.2) is 37.2 Å². The maximum absolute atomic E-state index is 12.8. The van der Waals surface area contributed by atoms with Gasteiger partial charge in [-0.2, -0.15) is 0 Å². The van der Waals surface area contributed by atoms with Gasteiger partial charge in [0.05, 0.1) is 0 Å². The Hall–Kier alpha value is -2.37. The number of esters is 3. The summed E-state index contributed by atoms with van der Waals surface area (Å²) in [6, 6.07) is 0. The third kappa shape index (κ3) is 50.5. The third-order valence-corrected chi connectivity index (χ3v) is 12.1. The van der Waals surface area contributed by atoms with Crippen molar-refractivity contribution in [2.75, 3.05) is 13.2 Å². The molecule has 0 aliphatic carbocycles. The van der Waals surface area contributed by atoms with Crippen LogP contribution in [0.2, 0.25) is 0 Å². The molecule has 0 heterocycles. The summed E-state index contributed by atoms with van der Waals surface area (Å²) in [6.07, 6.45) is 61.3. The molecule has 1 unspecified atom stereocenters. The first-order chi connectivity index (χ1) is 31.0. The van der Waals surface area contributed by atoms with Crippen LogP contribution in [0.5, 0.6) is 0 Å². The second kappa shape index (κ2) is 52.3. The number of ether oxygens (including phenoxy) is 3. The summed E-state index contributed by atoms with van der Waals surface area (Å²) >= 11 is 0. The minimum Gasteiger partial charge on any atom is -0.462 e. The van der Waals surface area contributed by atoms with Gasteiger partial charge in [-0.05, 0) is 70.6 Å². The standard InChI is InChI=1S/C57H104O6/c1-4-7-10-13-16-19-22-25-27-28-29-30-33-35-38-41-44-47-50-56(59)62-53-54(52-61-55(58)49-46-43-40-37-34-31-24-21-18-15-12-9-6-3)63-57(60)51-48-45-42-39-36-32-26-23-20-17-14-11-8-5-2/h8,11,17,20,31,34,54H,4-7,9-10,12-16,18-19,21-30,32-33,35-53H2,1-3H3/b11-8-,20-17-,34-31-. The minimum absolute atomic E-state index is 0.0768. The van der Waals surface area contributed by atoms with Crippen molar-refractivity contribution in [3.05, 3.63) is 36.5 Å². The fourth-order valence-electron chi connectivity index (χ4n) is 8.01. The van der Waals surface area contributed by atoms with E-state index in [2.05, 4.69) is 57.2 Å². The number of allylic oxidation sites excluding steroid dienone is 6. The van der Waals surface area contributed by atoms with Gasteiger partial charge < -0.3 is 14.2 Å². The molecular formula is C57H104O6. The van der Waals surface area contributed by atoms with Gasteiger partial charge in [0.2, 0.25) is 0 Å². The van der Waals surface area contributed by atoms with Gasteiger partial charge in [0.25, 0.3) is 0 Å². The third-order valence-electron chi connectivity index (χ3n) is 12.1. The molecule has 368 valence electrons. The highest BCUT2D eigenvalue weighted by atomic mass is 16.6. The van der Waals surface area contributed by atoms with Gasteiger partial charge in [-0.1, -0.05) is 237 Å². The molecule has 0 radical (unpaired) electrons. The zero-order valence-electron chi connectivity index (χ0n) is 42.1. The quantitative estimate of drug-likeness (QED) is 0.0262. The summed E-state index contributed by atoms with van der Waals surface area (Å²) in [5.41, 5.74) is 0. The van der Waals surface area contributed by atoms with Crippen molar-refractivity contribution in [2.45, 2.75) is 297 Å². The van der Waals surface area contributed by atoms with Crippen LogP contribution in [0.4, 0.5) is 0 Å². The van der Waals surface area contributed by atoms with Crippen LogP contribution in [0.3, 0.4) is 0 Å². The highest BCUT2D eigenvalue weighted by molar-refractivity contribution is 5.71. The van der Waals surface area contributed by atoms with Crippen LogP contribution in [-0.2, 0) is 28.6 Å². The number of hydrogen-bond donors (Lipinski definition) is 0. The Kier molecular flexibility index (Phi) is 50.3. The van der Waals surface area contributed by atoms with E-state index in [0.717, 1.165) is 89.9 Å². The lowest BCUT2D eigenvalue weighted by Gasteiger charge is -2.18. The van der Waals surface area contributed by atoms with Gasteiger partial charge in [0.1, 0.15) is 13.2 Å². The van der Waals surface area contributed by atoms with Crippen LogP contribution in [0.15, 0.2) is 36.5 Å². The number of hydrogen-bond acceptors (Lipinski definition) is 6. The van der Waals surface area contributed by atoms with E-state index in [0.29, 0.717) is 19.3 Å². The summed E-state index contributed by atoms with van der Waals surface area (Å²) in [6.45, 7) is 6.54. The Balaban J connectivity index is 4.33. The molecule has 0 saturated heterocycles. The van der Waals surface area contributed by atoms with Gasteiger partial charge in [-0.25, -0.2) is 0 Å². The molecule has 6 nitrogen and oxygen atoms in total. The first-order valence-electron chi connectivity index (χ1n) is 27.5. The molecule has 0 aliphatic heterocycles. The summed E-state index contributed by atoms with van der Waals surface area (Å²) < 4.78 is 16.8. The Labute approximate surface area is 391 Å². The van der Waals surface area contributed by atoms with E-state index in [1.54, 1.807) is 0 Å². The van der Waals surface area contributed by atoms with Crippen molar-refractivity contribution in [3.63, 3.8) is 0 Å². The molecule has 6 heteroatoms. The van der Waals surface area contributed by atoms with Crippen molar-refractivity contribution in [1.82, 2.24) is 0 Å². The highest BCUT2D eigenvalue weighted by Gasteiger charge is 2.19. The smallest absolute Gasteiger partial charge is 0.306 e. The zero-order valence-corrected chi connectivity index (χ0v) is 42.1. The van der Waals surface area contributed by atoms with Crippen molar-refractivity contribution in [1.29, 1.82) is 0 Å². The second-order valence-electron chi connectivity index (χ2n) is 18.5. The van der Waals surface area contributed by atoms with E-state index in [1.807, 2.05) is 0 Å². The molecule has 0 aliphatic rings. The van der Waals surface area contributed by atoms with Crippen molar-refractivity contribution in [2.24, 2.45) is 0 Å². The number of carbonyl (C=O) groups is 3. The Morgan fingerprint density at radius 3 is 0.984 bits per heavy atom. The predicted octanol–water partition coefficient (Wildman–Crippen LogP) is 18.1. The second-order valence-corrected chi connectivity index (χ2v) is 18.5. The number of carbonyl (C=O) groups excluding carboxylic acids is 3. The van der Waals surface area contributed by atoms with Gasteiger partial charge in [0.15, 0.2) is 6.10 Å². The average molecular weight is 885 g/mol. The maximum Gasteiger partial charge on any atom is 0.306 e. The molecule has 0 bridgehead atoms. The van der Waals surface area contributed by atoms with E-state index < -0.39 is 6.10 Å². The van der Waals surface area contributed by atoms with E-state index in [4.69, 9.17) is 14.2 Å². The van der Waals surface area contributed by atoms with Crippen molar-refractivity contribution < 1.29 is 28.6 Å². The molecule has 0 amide bonds. The lowest BCUT2D eigenvalue weighted by Crippen LogP contribution is -2.30. The van der Waals surface area contributed by atoms with Gasteiger partial charge in [-0.15, -0.1) is 0 Å². The molecule has 0 spiro atoms. The minimum atomic E-state index is -0.779. The highest BCUT2D eigenvalue weighted by Crippen LogP contribution is 2.16. The summed E-state index contributed by atoms with van der Waals surface area (Å²) in [5.74, 6) is -0.888. The zero-order chi connectivity index (χ0) is 45.8.